The molecule has 0 aliphatic rings. The summed E-state index contributed by atoms with van der Waals surface area (Å²) in [6.45, 7) is 0. The molecule has 0 heterocycles. The number of hydrogen-bond donors (Lipinski definition) is 2. The summed E-state index contributed by atoms with van der Waals surface area (Å²) in [6, 6.07) is 9.96. The first-order chi connectivity index (χ1) is 6.70. The van der Waals surface area contributed by atoms with Crippen molar-refractivity contribution in [2.45, 2.75) is 11.5 Å². The molecule has 0 saturated carbocycles. The number of nitrogens with two attached hydrogens (primary N) is 1. The van der Waals surface area contributed by atoms with Crippen LogP contribution >= 0.6 is 19.8 Å². The fraction of sp³-hybridized carbons (Fsp3) is 0.333. The summed E-state index contributed by atoms with van der Waals surface area (Å²) in [4.78, 5) is 8.69. The lowest BCUT2D eigenvalue weighted by molar-refractivity contribution is 0.493. The molecule has 0 aromatic heterocycles. The highest BCUT2D eigenvalue weighted by molar-refractivity contribution is 7.98. The van der Waals surface area contributed by atoms with Gasteiger partial charge in [0.2, 0.25) is 5.78 Å². The van der Waals surface area contributed by atoms with E-state index in [1.54, 1.807) is 11.8 Å². The number of benzene rings is 1. The van der Waals surface area contributed by atoms with Crippen LogP contribution in [0.3, 0.4) is 0 Å². The first-order valence-corrected chi connectivity index (χ1v) is 6.66. The molecule has 3 nitrogen and oxygen atoms in total. The maximum Gasteiger partial charge on any atom is 0.525 e. The SMILES string of the molecule is NC(CSCc1ccccc1)[P+](=O)O. The van der Waals surface area contributed by atoms with Crippen molar-refractivity contribution in [3.63, 3.8) is 0 Å². The third kappa shape index (κ3) is 4.20. The quantitative estimate of drug-likeness (QED) is 0.759. The van der Waals surface area contributed by atoms with Crippen LogP contribution in [0.4, 0.5) is 0 Å². The first kappa shape index (κ1) is 11.7. The molecule has 0 amide bonds. The molecule has 0 aliphatic carbocycles. The van der Waals surface area contributed by atoms with Gasteiger partial charge in [0.25, 0.3) is 0 Å². The minimum atomic E-state index is -2.24. The van der Waals surface area contributed by atoms with Crippen molar-refractivity contribution < 1.29 is 9.46 Å². The second kappa shape index (κ2) is 6.14. The highest BCUT2D eigenvalue weighted by atomic mass is 32.2. The molecule has 1 aromatic carbocycles. The predicted molar refractivity (Wildman–Crippen MR) is 60.4 cm³/mol. The molecule has 5 heteroatoms. The maximum atomic E-state index is 10.6. The fourth-order valence-electron chi connectivity index (χ4n) is 0.936. The van der Waals surface area contributed by atoms with Gasteiger partial charge < -0.3 is 0 Å². The summed E-state index contributed by atoms with van der Waals surface area (Å²) in [6.07, 6.45) is 0. The molecule has 0 aliphatic heterocycles. The minimum absolute atomic E-state index is 0.514. The van der Waals surface area contributed by atoms with Gasteiger partial charge in [0, 0.05) is 5.75 Å². The van der Waals surface area contributed by atoms with E-state index in [4.69, 9.17) is 10.6 Å². The van der Waals surface area contributed by atoms with Gasteiger partial charge in [-0.15, -0.1) is 0 Å². The first-order valence-electron chi connectivity index (χ1n) is 4.22. The molecular formula is C9H13NO2PS+. The van der Waals surface area contributed by atoms with Crippen molar-refractivity contribution in [1.82, 2.24) is 0 Å². The Morgan fingerprint density at radius 2 is 2.07 bits per heavy atom. The van der Waals surface area contributed by atoms with Crippen LogP contribution in [-0.2, 0) is 10.3 Å². The van der Waals surface area contributed by atoms with E-state index in [1.807, 2.05) is 30.3 Å². The zero-order valence-electron chi connectivity index (χ0n) is 7.67. The Kier molecular flexibility index (Phi) is 5.12. The molecule has 0 saturated heterocycles. The van der Waals surface area contributed by atoms with E-state index < -0.39 is 13.8 Å². The second-order valence-electron chi connectivity index (χ2n) is 2.87. The zero-order chi connectivity index (χ0) is 10.4. The largest absolute Gasteiger partial charge is 0.525 e. The number of rotatable bonds is 5. The van der Waals surface area contributed by atoms with E-state index in [9.17, 15) is 4.57 Å². The molecule has 3 N–H and O–H groups in total. The van der Waals surface area contributed by atoms with Gasteiger partial charge in [0.05, 0.1) is 5.75 Å². The Bertz CT molecular complexity index is 294. The third-order valence-corrected chi connectivity index (χ3v) is 3.81. The molecule has 1 aromatic rings. The lowest BCUT2D eigenvalue weighted by atomic mass is 10.2. The lowest BCUT2D eigenvalue weighted by Crippen LogP contribution is -2.17. The van der Waals surface area contributed by atoms with Crippen LogP contribution in [-0.4, -0.2) is 16.4 Å². The van der Waals surface area contributed by atoms with Crippen LogP contribution in [0.1, 0.15) is 5.56 Å². The second-order valence-corrected chi connectivity index (χ2v) is 5.17. The normalized spacial score (nSPS) is 13.7. The van der Waals surface area contributed by atoms with Crippen LogP contribution in [0.5, 0.6) is 0 Å². The van der Waals surface area contributed by atoms with Crippen molar-refractivity contribution in [3.8, 4) is 0 Å². The summed E-state index contributed by atoms with van der Waals surface area (Å²) in [5.74, 6) is 0.733. The van der Waals surface area contributed by atoms with Crippen molar-refractivity contribution >= 4 is 19.8 Å². The van der Waals surface area contributed by atoms with Crippen LogP contribution in [0.2, 0.25) is 0 Å². The summed E-state index contributed by atoms with van der Waals surface area (Å²) in [5, 5.41) is 0. The minimum Gasteiger partial charge on any atom is -0.284 e. The van der Waals surface area contributed by atoms with E-state index >= 15 is 0 Å². The van der Waals surface area contributed by atoms with Gasteiger partial charge in [0.1, 0.15) is 0 Å². The van der Waals surface area contributed by atoms with Crippen LogP contribution < -0.4 is 5.73 Å². The smallest absolute Gasteiger partial charge is 0.284 e. The van der Waals surface area contributed by atoms with Crippen LogP contribution in [0, 0.1) is 0 Å². The molecule has 0 bridgehead atoms. The molecule has 2 atom stereocenters. The van der Waals surface area contributed by atoms with Gasteiger partial charge >= 0.3 is 8.03 Å². The van der Waals surface area contributed by atoms with E-state index in [-0.39, 0.29) is 0 Å². The van der Waals surface area contributed by atoms with Gasteiger partial charge in [-0.05, 0) is 10.1 Å². The number of hydrogen-bond acceptors (Lipinski definition) is 3. The van der Waals surface area contributed by atoms with E-state index in [0.29, 0.717) is 5.75 Å². The summed E-state index contributed by atoms with van der Waals surface area (Å²) < 4.78 is 10.6. The average molecular weight is 230 g/mol. The molecule has 2 unspecified atom stereocenters. The van der Waals surface area contributed by atoms with Crippen molar-refractivity contribution in [2.24, 2.45) is 5.73 Å². The Morgan fingerprint density at radius 1 is 1.43 bits per heavy atom. The summed E-state index contributed by atoms with van der Waals surface area (Å²) in [5.41, 5.74) is 6.63. The van der Waals surface area contributed by atoms with Crippen LogP contribution in [0.15, 0.2) is 30.3 Å². The summed E-state index contributed by atoms with van der Waals surface area (Å²) in [7, 11) is -2.24. The molecule has 0 spiro atoms. The van der Waals surface area contributed by atoms with Gasteiger partial charge in [-0.3, -0.25) is 5.73 Å². The van der Waals surface area contributed by atoms with Gasteiger partial charge in [-0.1, -0.05) is 30.3 Å². The van der Waals surface area contributed by atoms with Gasteiger partial charge in [0.15, 0.2) is 0 Å². The number of thioether (sulfide) groups is 1. The van der Waals surface area contributed by atoms with E-state index in [0.717, 1.165) is 5.75 Å². The van der Waals surface area contributed by atoms with E-state index in [2.05, 4.69) is 0 Å². The standard InChI is InChI=1S/C9H12NO2PS/c10-9(13(11)12)7-14-6-8-4-2-1-3-5-8/h1-5,9H,6-7,10H2/p+1. The van der Waals surface area contributed by atoms with E-state index in [1.165, 1.54) is 5.56 Å². The topological polar surface area (TPSA) is 63.3 Å². The molecule has 0 radical (unpaired) electrons. The average Bonchev–Trinajstić information content (AvgIpc) is 2.19. The Labute approximate surface area is 88.6 Å². The van der Waals surface area contributed by atoms with Gasteiger partial charge in [-0.2, -0.15) is 16.7 Å². The Hall–Kier alpha value is -0.410. The summed E-state index contributed by atoms with van der Waals surface area (Å²) >= 11 is 1.57. The van der Waals surface area contributed by atoms with Crippen molar-refractivity contribution in [1.29, 1.82) is 0 Å². The third-order valence-electron chi connectivity index (χ3n) is 1.68. The molecule has 0 fully saturated rings. The molecule has 14 heavy (non-hydrogen) atoms. The Morgan fingerprint density at radius 3 is 2.64 bits per heavy atom. The highest BCUT2D eigenvalue weighted by Gasteiger charge is 2.23. The Balaban J connectivity index is 2.26. The monoisotopic (exact) mass is 230 g/mol. The van der Waals surface area contributed by atoms with Crippen molar-refractivity contribution in [2.75, 3.05) is 5.75 Å². The zero-order valence-corrected chi connectivity index (χ0v) is 9.38. The molecule has 1 rings (SSSR count). The lowest BCUT2D eigenvalue weighted by Gasteiger charge is -2.00. The predicted octanol–water partition coefficient (Wildman–Crippen LogP) is 1.94. The van der Waals surface area contributed by atoms with Crippen LogP contribution in [0.25, 0.3) is 0 Å². The van der Waals surface area contributed by atoms with Gasteiger partial charge in [-0.25, -0.2) is 0 Å². The van der Waals surface area contributed by atoms with Crippen molar-refractivity contribution in [3.05, 3.63) is 35.9 Å². The maximum absolute atomic E-state index is 10.6. The molecule has 76 valence electrons. The molecular weight excluding hydrogens is 217 g/mol. The fourth-order valence-corrected chi connectivity index (χ4v) is 2.55. The highest BCUT2D eigenvalue weighted by Crippen LogP contribution is 2.23.